The summed E-state index contributed by atoms with van der Waals surface area (Å²) in [4.78, 5) is 0. The third-order valence-electron chi connectivity index (χ3n) is 2.57. The third kappa shape index (κ3) is 3.45. The van der Waals surface area contributed by atoms with Crippen LogP contribution in [0.4, 0.5) is 0 Å². The Labute approximate surface area is 100 Å². The molecule has 16 heavy (non-hydrogen) atoms. The molecule has 0 unspecified atom stereocenters. The van der Waals surface area contributed by atoms with Crippen molar-refractivity contribution in [2.75, 3.05) is 18.8 Å². The van der Waals surface area contributed by atoms with E-state index in [0.717, 1.165) is 24.0 Å². The molecule has 1 aliphatic carbocycles. The van der Waals surface area contributed by atoms with Gasteiger partial charge >= 0.3 is 0 Å². The van der Waals surface area contributed by atoms with Crippen LogP contribution >= 0.6 is 11.8 Å². The zero-order valence-electron chi connectivity index (χ0n) is 9.72. The molecule has 2 rings (SSSR count). The van der Waals surface area contributed by atoms with Crippen LogP contribution in [0.5, 0.6) is 0 Å². The van der Waals surface area contributed by atoms with Crippen molar-refractivity contribution in [2.45, 2.75) is 43.8 Å². The molecule has 0 saturated heterocycles. The van der Waals surface area contributed by atoms with Gasteiger partial charge in [-0.2, -0.15) is 0 Å². The smallest absolute Gasteiger partial charge is 0.209 e. The number of hydrogen-bond donors (Lipinski definition) is 1. The lowest BCUT2D eigenvalue weighted by molar-refractivity contribution is 0.565. The minimum atomic E-state index is 0.575. The molecule has 0 amide bonds. The first-order chi connectivity index (χ1) is 7.92. The molecule has 0 aliphatic heterocycles. The normalized spacial score (nSPS) is 15.6. The summed E-state index contributed by atoms with van der Waals surface area (Å²) >= 11 is 1.74. The van der Waals surface area contributed by atoms with Crippen molar-refractivity contribution in [2.24, 2.45) is 0 Å². The van der Waals surface area contributed by atoms with Gasteiger partial charge in [0, 0.05) is 12.3 Å². The zero-order chi connectivity index (χ0) is 11.2. The van der Waals surface area contributed by atoms with Crippen molar-refractivity contribution in [1.29, 1.82) is 0 Å². The maximum atomic E-state index is 4.05. The van der Waals surface area contributed by atoms with Crippen LogP contribution in [0.2, 0.25) is 0 Å². The lowest BCUT2D eigenvalue weighted by Gasteiger charge is -2.03. The molecule has 1 fully saturated rings. The van der Waals surface area contributed by atoms with E-state index in [2.05, 4.69) is 27.8 Å². The van der Waals surface area contributed by atoms with E-state index < -0.39 is 0 Å². The van der Waals surface area contributed by atoms with E-state index in [0.29, 0.717) is 6.04 Å². The fourth-order valence-corrected chi connectivity index (χ4v) is 2.31. The monoisotopic (exact) mass is 241 g/mol. The molecule has 0 aromatic carbocycles. The Kier molecular flexibility index (Phi) is 4.59. The summed E-state index contributed by atoms with van der Waals surface area (Å²) < 4.78 is 1.97. The molecule has 0 spiro atoms. The maximum absolute atomic E-state index is 4.05. The number of thioether (sulfide) groups is 1. The number of unbranched alkanes of at least 4 members (excludes halogenated alkanes) is 1. The molecule has 90 valence electrons. The van der Waals surface area contributed by atoms with Gasteiger partial charge in [-0.15, -0.1) is 5.10 Å². The van der Waals surface area contributed by atoms with E-state index in [-0.39, 0.29) is 0 Å². The molecular formula is C10H19N5S. The highest BCUT2D eigenvalue weighted by Crippen LogP contribution is 2.36. The molecule has 1 aromatic heterocycles. The van der Waals surface area contributed by atoms with Gasteiger partial charge in [-0.1, -0.05) is 25.1 Å². The summed E-state index contributed by atoms with van der Waals surface area (Å²) in [5.41, 5.74) is 0. The second kappa shape index (κ2) is 6.20. The van der Waals surface area contributed by atoms with Crippen LogP contribution in [0.25, 0.3) is 0 Å². The topological polar surface area (TPSA) is 55.6 Å². The van der Waals surface area contributed by atoms with Crippen LogP contribution in [0.3, 0.4) is 0 Å². The van der Waals surface area contributed by atoms with E-state index in [1.807, 2.05) is 4.68 Å². The molecule has 0 atom stereocenters. The summed E-state index contributed by atoms with van der Waals surface area (Å²) in [7, 11) is 0. The van der Waals surface area contributed by atoms with Gasteiger partial charge in [0.15, 0.2) is 0 Å². The second-order valence-corrected chi connectivity index (χ2v) is 5.15. The van der Waals surface area contributed by atoms with Crippen LogP contribution in [0.1, 0.15) is 38.6 Å². The largest absolute Gasteiger partial charge is 0.316 e. The number of tetrazole rings is 1. The first kappa shape index (κ1) is 11.9. The summed E-state index contributed by atoms with van der Waals surface area (Å²) in [6.45, 7) is 4.35. The highest BCUT2D eigenvalue weighted by molar-refractivity contribution is 7.99. The molecule has 1 N–H and O–H groups in total. The predicted molar refractivity (Wildman–Crippen MR) is 64.6 cm³/mol. The van der Waals surface area contributed by atoms with Crippen molar-refractivity contribution in [3.63, 3.8) is 0 Å². The lowest BCUT2D eigenvalue weighted by Crippen LogP contribution is -2.18. The molecular weight excluding hydrogens is 222 g/mol. The third-order valence-corrected chi connectivity index (χ3v) is 3.51. The zero-order valence-corrected chi connectivity index (χ0v) is 10.5. The maximum Gasteiger partial charge on any atom is 0.209 e. The van der Waals surface area contributed by atoms with Crippen molar-refractivity contribution >= 4 is 11.8 Å². The molecule has 1 heterocycles. The van der Waals surface area contributed by atoms with E-state index in [1.54, 1.807) is 11.8 Å². The average molecular weight is 241 g/mol. The van der Waals surface area contributed by atoms with Gasteiger partial charge in [0.1, 0.15) is 0 Å². The van der Waals surface area contributed by atoms with Crippen molar-refractivity contribution < 1.29 is 0 Å². The van der Waals surface area contributed by atoms with Crippen LogP contribution in [-0.2, 0) is 0 Å². The number of hydrogen-bond acceptors (Lipinski definition) is 5. The number of nitrogens with one attached hydrogen (secondary N) is 1. The minimum Gasteiger partial charge on any atom is -0.316 e. The summed E-state index contributed by atoms with van der Waals surface area (Å²) in [6, 6.07) is 0.575. The van der Waals surface area contributed by atoms with Gasteiger partial charge in [0.2, 0.25) is 5.16 Å². The SMILES string of the molecule is CCCCNCCSc1nnnn1C1CC1. The van der Waals surface area contributed by atoms with E-state index in [4.69, 9.17) is 0 Å². The quantitative estimate of drug-likeness (QED) is 0.552. The van der Waals surface area contributed by atoms with E-state index >= 15 is 0 Å². The van der Waals surface area contributed by atoms with Crippen molar-refractivity contribution in [3.05, 3.63) is 0 Å². The lowest BCUT2D eigenvalue weighted by atomic mass is 10.3. The number of rotatable bonds is 8. The summed E-state index contributed by atoms with van der Waals surface area (Å²) in [6.07, 6.45) is 4.96. The second-order valence-electron chi connectivity index (χ2n) is 4.09. The Bertz CT molecular complexity index is 310. The van der Waals surface area contributed by atoms with Gasteiger partial charge in [-0.25, -0.2) is 4.68 Å². The van der Waals surface area contributed by atoms with Crippen LogP contribution in [0.15, 0.2) is 5.16 Å². The molecule has 0 radical (unpaired) electrons. The Morgan fingerprint density at radius 2 is 2.31 bits per heavy atom. The molecule has 1 aliphatic rings. The predicted octanol–water partition coefficient (Wildman–Crippen LogP) is 1.49. The standard InChI is InChI=1S/C10H19N5S/c1-2-3-6-11-7-8-16-10-12-13-14-15(10)9-4-5-9/h9,11H,2-8H2,1H3. The van der Waals surface area contributed by atoms with Crippen molar-refractivity contribution in [1.82, 2.24) is 25.5 Å². The number of nitrogens with zero attached hydrogens (tertiary/aromatic N) is 4. The van der Waals surface area contributed by atoms with E-state index in [1.165, 1.54) is 25.7 Å². The fourth-order valence-electron chi connectivity index (χ4n) is 1.47. The van der Waals surface area contributed by atoms with Gasteiger partial charge in [-0.05, 0) is 36.2 Å². The van der Waals surface area contributed by atoms with Crippen molar-refractivity contribution in [3.8, 4) is 0 Å². The van der Waals surface area contributed by atoms with Crippen LogP contribution in [-0.4, -0.2) is 39.0 Å². The van der Waals surface area contributed by atoms with Gasteiger partial charge in [0.25, 0.3) is 0 Å². The highest BCUT2D eigenvalue weighted by atomic mass is 32.2. The molecule has 5 nitrogen and oxygen atoms in total. The Hall–Kier alpha value is -0.620. The van der Waals surface area contributed by atoms with Gasteiger partial charge < -0.3 is 5.32 Å². The Balaban J connectivity index is 1.63. The Morgan fingerprint density at radius 3 is 3.06 bits per heavy atom. The first-order valence-electron chi connectivity index (χ1n) is 6.03. The fraction of sp³-hybridized carbons (Fsp3) is 0.900. The average Bonchev–Trinajstić information content (AvgIpc) is 3.04. The van der Waals surface area contributed by atoms with E-state index in [9.17, 15) is 0 Å². The molecule has 0 bridgehead atoms. The minimum absolute atomic E-state index is 0.575. The number of aromatic nitrogens is 4. The molecule has 6 heteroatoms. The molecule has 1 aromatic rings. The van der Waals surface area contributed by atoms with Crippen LogP contribution < -0.4 is 5.32 Å². The first-order valence-corrected chi connectivity index (χ1v) is 7.01. The summed E-state index contributed by atoms with van der Waals surface area (Å²) in [5, 5.41) is 16.2. The highest BCUT2D eigenvalue weighted by Gasteiger charge is 2.27. The van der Waals surface area contributed by atoms with Gasteiger partial charge in [-0.3, -0.25) is 0 Å². The molecule has 1 saturated carbocycles. The summed E-state index contributed by atoms with van der Waals surface area (Å²) in [5.74, 6) is 1.04. The van der Waals surface area contributed by atoms with Crippen LogP contribution in [0, 0.1) is 0 Å². The van der Waals surface area contributed by atoms with Gasteiger partial charge in [0.05, 0.1) is 6.04 Å². The Morgan fingerprint density at radius 1 is 1.44 bits per heavy atom.